The summed E-state index contributed by atoms with van der Waals surface area (Å²) in [6.07, 6.45) is 0. The Morgan fingerprint density at radius 2 is 0.154 bits per heavy atom. The van der Waals surface area contributed by atoms with Gasteiger partial charge in [0.1, 0.15) is 0 Å². The van der Waals surface area contributed by atoms with E-state index in [1.807, 2.05) is 0 Å². The largest absolute Gasteiger partial charge is 0 e. The van der Waals surface area contributed by atoms with Crippen LogP contribution in [-0.2, 0) is 0 Å². The molecule has 0 aromatic heterocycles. The SMILES string of the molecule is [K].[K].[K].[K].[K].[K].[Na].[Na].[Na].[Na].[Na].[Na].[Na]. The third-order valence-electron chi connectivity index (χ3n) is 0. The first kappa shape index (κ1) is 87.6. The van der Waals surface area contributed by atoms with Gasteiger partial charge in [0.2, 0.25) is 0 Å². The first-order valence-electron chi connectivity index (χ1n) is 0. The minimum absolute atomic E-state index is 0. The van der Waals surface area contributed by atoms with E-state index in [9.17, 15) is 0 Å². The third kappa shape index (κ3) is 73.3. The maximum atomic E-state index is 0. The van der Waals surface area contributed by atoms with Gasteiger partial charge in [-0.2, -0.15) is 0 Å². The fourth-order valence-corrected chi connectivity index (χ4v) is 0. The van der Waals surface area contributed by atoms with Gasteiger partial charge in [-0.05, 0) is 0 Å². The second kappa shape index (κ2) is 78.8. The van der Waals surface area contributed by atoms with Crippen LogP contribution in [-0.4, -0.2) is 515 Å². The topological polar surface area (TPSA) is 0 Å². The quantitative estimate of drug-likeness (QED) is 0.361. The normalized spacial score (nSPS) is 0. The monoisotopic (exact) mass is 395 g/mol. The zero-order valence-corrected chi connectivity index (χ0v) is 45.7. The second-order valence-corrected chi connectivity index (χ2v) is 0. The van der Waals surface area contributed by atoms with Crippen molar-refractivity contribution in [1.29, 1.82) is 0 Å². The smallest absolute Gasteiger partial charge is 0 e. The van der Waals surface area contributed by atoms with Crippen molar-refractivity contribution in [2.45, 2.75) is 0 Å². The van der Waals surface area contributed by atoms with Gasteiger partial charge in [0, 0.05) is 515 Å². The minimum Gasteiger partial charge on any atom is 0 e. The molecule has 0 aliphatic rings. The van der Waals surface area contributed by atoms with Gasteiger partial charge in [-0.15, -0.1) is 0 Å². The average molecular weight is 396 g/mol. The molecule has 0 saturated heterocycles. The first-order valence-corrected chi connectivity index (χ1v) is 0. The molecule has 0 aliphatic heterocycles. The Kier molecular flexibility index (Phi) is 531. The molecule has 0 atom stereocenters. The van der Waals surface area contributed by atoms with E-state index in [0.717, 1.165) is 0 Å². The van der Waals surface area contributed by atoms with Crippen molar-refractivity contribution >= 4 is 515 Å². The molecule has 13 heavy (non-hydrogen) atoms. The van der Waals surface area contributed by atoms with Gasteiger partial charge in [0.05, 0.1) is 0 Å². The molecule has 0 heterocycles. The van der Waals surface area contributed by atoms with Crippen LogP contribution < -0.4 is 0 Å². The molecule has 0 fully saturated rings. The van der Waals surface area contributed by atoms with E-state index in [1.165, 1.54) is 0 Å². The first-order chi connectivity index (χ1) is 0. The summed E-state index contributed by atoms with van der Waals surface area (Å²) in [5.41, 5.74) is 0. The van der Waals surface area contributed by atoms with Crippen LogP contribution in [0.2, 0.25) is 0 Å². The van der Waals surface area contributed by atoms with E-state index < -0.39 is 0 Å². The molecule has 0 bridgehead atoms. The van der Waals surface area contributed by atoms with E-state index in [4.69, 9.17) is 0 Å². The molecule has 0 aromatic carbocycles. The summed E-state index contributed by atoms with van der Waals surface area (Å²) in [5, 5.41) is 0. The predicted octanol–water partition coefficient (Wildman–Crippen LogP) is -4.95. The Bertz CT molecular complexity index is 12.9. The van der Waals surface area contributed by atoms with Crippen LogP contribution in [0.1, 0.15) is 0 Å². The van der Waals surface area contributed by atoms with Crippen LogP contribution in [0.15, 0.2) is 0 Å². The summed E-state index contributed by atoms with van der Waals surface area (Å²) in [5.74, 6) is 0. The molecule has 0 amide bonds. The van der Waals surface area contributed by atoms with Crippen molar-refractivity contribution in [3.05, 3.63) is 0 Å². The fraction of sp³-hybridized carbons (Fsp3) is 0. The Morgan fingerprint density at radius 3 is 0.154 bits per heavy atom. The van der Waals surface area contributed by atoms with E-state index in [2.05, 4.69) is 0 Å². The fourth-order valence-electron chi connectivity index (χ4n) is 0. The van der Waals surface area contributed by atoms with E-state index in [-0.39, 0.29) is 515 Å². The standard InChI is InChI=1S/6K.7Na. The van der Waals surface area contributed by atoms with Crippen LogP contribution >= 0.6 is 0 Å². The van der Waals surface area contributed by atoms with Gasteiger partial charge in [-0.25, -0.2) is 0 Å². The van der Waals surface area contributed by atoms with Crippen LogP contribution in [0.4, 0.5) is 0 Å². The molecule has 0 N–H and O–H groups in total. The summed E-state index contributed by atoms with van der Waals surface area (Å²) in [4.78, 5) is 0. The molecular weight excluding hydrogens is 396 g/mol. The average Bonchev–Trinajstić information content (AvgIpc) is 0. The van der Waals surface area contributed by atoms with E-state index >= 15 is 0 Å². The Hall–Kier alpha value is 16.8. The molecule has 0 saturated carbocycles. The minimum atomic E-state index is 0. The van der Waals surface area contributed by atoms with Crippen LogP contribution in [0.5, 0.6) is 0 Å². The van der Waals surface area contributed by atoms with Crippen LogP contribution in [0.3, 0.4) is 0 Å². The molecule has 13 radical (unpaired) electrons. The summed E-state index contributed by atoms with van der Waals surface area (Å²) in [6.45, 7) is 0. The van der Waals surface area contributed by atoms with Gasteiger partial charge in [-0.3, -0.25) is 0 Å². The van der Waals surface area contributed by atoms with E-state index in [1.54, 1.807) is 0 Å². The molecule has 0 nitrogen and oxygen atoms in total. The van der Waals surface area contributed by atoms with Gasteiger partial charge in [0.25, 0.3) is 0 Å². The maximum Gasteiger partial charge on any atom is 0 e. The predicted molar refractivity (Wildman–Crippen MR) is 74.8 cm³/mol. The molecule has 0 spiro atoms. The summed E-state index contributed by atoms with van der Waals surface area (Å²) < 4.78 is 0. The maximum absolute atomic E-state index is 0. The van der Waals surface area contributed by atoms with Crippen molar-refractivity contribution in [2.24, 2.45) is 0 Å². The zero-order valence-electron chi connectivity index (χ0n) is 13.0. The summed E-state index contributed by atoms with van der Waals surface area (Å²) >= 11 is 0. The molecule has 0 aliphatic carbocycles. The van der Waals surface area contributed by atoms with Crippen LogP contribution in [0.25, 0.3) is 0 Å². The number of hydrogen-bond acceptors (Lipinski definition) is 0. The molecule has 0 aromatic rings. The second-order valence-electron chi connectivity index (χ2n) is 0. The molecule has 0 rings (SSSR count). The number of hydrogen-bond donors (Lipinski definition) is 0. The molecule has 13 valence electrons. The van der Waals surface area contributed by atoms with Crippen molar-refractivity contribution in [1.82, 2.24) is 0 Å². The van der Waals surface area contributed by atoms with E-state index in [0.29, 0.717) is 0 Å². The van der Waals surface area contributed by atoms with Crippen molar-refractivity contribution in [3.8, 4) is 0 Å². The molecule has 0 unspecified atom stereocenters. The van der Waals surface area contributed by atoms with Crippen molar-refractivity contribution in [3.63, 3.8) is 0 Å². The van der Waals surface area contributed by atoms with Gasteiger partial charge in [-0.1, -0.05) is 0 Å². The van der Waals surface area contributed by atoms with Gasteiger partial charge in [0.15, 0.2) is 0 Å². The van der Waals surface area contributed by atoms with Crippen molar-refractivity contribution in [2.75, 3.05) is 0 Å². The number of rotatable bonds is 0. The van der Waals surface area contributed by atoms with Crippen molar-refractivity contribution < 1.29 is 0 Å². The summed E-state index contributed by atoms with van der Waals surface area (Å²) in [6, 6.07) is 0. The van der Waals surface area contributed by atoms with Gasteiger partial charge < -0.3 is 0 Å². The Morgan fingerprint density at radius 1 is 0.154 bits per heavy atom. The molecule has 13 heteroatoms. The summed E-state index contributed by atoms with van der Waals surface area (Å²) in [7, 11) is 0. The van der Waals surface area contributed by atoms with Gasteiger partial charge >= 0.3 is 0 Å². The van der Waals surface area contributed by atoms with Crippen LogP contribution in [0, 0.1) is 0 Å². The third-order valence-corrected chi connectivity index (χ3v) is 0. The Labute approximate surface area is 494 Å². The Balaban J connectivity index is 0. The zero-order chi connectivity index (χ0) is 0. The molecular formula is K6Na7.